The fourth-order valence-electron chi connectivity index (χ4n) is 2.79. The van der Waals surface area contributed by atoms with Crippen molar-refractivity contribution in [3.05, 3.63) is 58.3 Å². The van der Waals surface area contributed by atoms with Gasteiger partial charge in [0.25, 0.3) is 0 Å². The maximum Gasteiger partial charge on any atom is 0.231 e. The molecule has 0 aliphatic carbocycles. The number of nitrogens with zero attached hydrogens (tertiary/aromatic N) is 4. The number of ether oxygens (including phenoxy) is 2. The molecule has 0 saturated carbocycles. The minimum Gasteiger partial charge on any atom is -0.454 e. The molecule has 2 heterocycles. The van der Waals surface area contributed by atoms with Crippen LogP contribution in [0.4, 0.5) is 0 Å². The predicted octanol–water partition coefficient (Wildman–Crippen LogP) is 4.04. The van der Waals surface area contributed by atoms with Gasteiger partial charge in [0.05, 0.1) is 10.0 Å². The van der Waals surface area contributed by atoms with Crippen molar-refractivity contribution in [1.29, 1.82) is 5.26 Å². The molecule has 6 nitrogen and oxygen atoms in total. The predicted molar refractivity (Wildman–Crippen MR) is 100 cm³/mol. The molecule has 1 aliphatic heterocycles. The number of halogens is 1. The lowest BCUT2D eigenvalue weighted by Crippen LogP contribution is -1.98. The minimum absolute atomic E-state index is 0.190. The molecule has 26 heavy (non-hydrogen) atoms. The Hall–Kier alpha value is -3.11. The molecule has 0 radical (unpaired) electrons. The Bertz CT molecular complexity index is 1050. The Morgan fingerprint density at radius 3 is 2.81 bits per heavy atom. The van der Waals surface area contributed by atoms with Crippen LogP contribution in [0.25, 0.3) is 23.0 Å². The van der Waals surface area contributed by atoms with Crippen LogP contribution in [-0.2, 0) is 7.05 Å². The molecule has 0 unspecified atom stereocenters. The summed E-state index contributed by atoms with van der Waals surface area (Å²) in [4.78, 5) is 0. The lowest BCUT2D eigenvalue weighted by molar-refractivity contribution is 0.173. The fraction of sp³-hybridized carbons (Fsp3) is 0.105. The van der Waals surface area contributed by atoms with Crippen LogP contribution >= 0.6 is 15.9 Å². The summed E-state index contributed by atoms with van der Waals surface area (Å²) >= 11 is 3.47. The van der Waals surface area contributed by atoms with Gasteiger partial charge in [0.15, 0.2) is 23.1 Å². The number of fused-ring (bicyclic) bond motifs is 1. The first kappa shape index (κ1) is 16.4. The monoisotopic (exact) mass is 408 g/mol. The Morgan fingerprint density at radius 1 is 1.23 bits per heavy atom. The smallest absolute Gasteiger partial charge is 0.231 e. The van der Waals surface area contributed by atoms with Crippen molar-refractivity contribution in [2.24, 2.45) is 7.05 Å². The standard InChI is InChI=1S/C19H13BrN4O2/c1-24-18(13-5-3-2-4-6-13)22-23-19(24)14(10-21)7-12-8-15(20)17-16(9-12)25-11-26-17/h2-9H,11H2,1H3/b14-7+. The first-order valence-electron chi connectivity index (χ1n) is 7.83. The van der Waals surface area contributed by atoms with Gasteiger partial charge in [-0.2, -0.15) is 5.26 Å². The molecule has 1 aromatic heterocycles. The van der Waals surface area contributed by atoms with Gasteiger partial charge >= 0.3 is 0 Å². The van der Waals surface area contributed by atoms with Crippen LogP contribution in [-0.4, -0.2) is 21.6 Å². The van der Waals surface area contributed by atoms with Crippen molar-refractivity contribution >= 4 is 27.6 Å². The first-order valence-corrected chi connectivity index (χ1v) is 8.63. The Balaban J connectivity index is 1.75. The fourth-order valence-corrected chi connectivity index (χ4v) is 3.36. The van der Waals surface area contributed by atoms with Crippen molar-refractivity contribution in [2.45, 2.75) is 0 Å². The summed E-state index contributed by atoms with van der Waals surface area (Å²) in [6, 6.07) is 15.7. The average Bonchev–Trinajstić information content (AvgIpc) is 3.27. The second-order valence-electron chi connectivity index (χ2n) is 5.68. The Morgan fingerprint density at radius 2 is 2.04 bits per heavy atom. The Labute approximate surface area is 158 Å². The van der Waals surface area contributed by atoms with Crippen LogP contribution in [0.2, 0.25) is 0 Å². The number of allylic oxidation sites excluding steroid dienone is 1. The molecular formula is C19H13BrN4O2. The van der Waals surface area contributed by atoms with Crippen LogP contribution in [0, 0.1) is 11.3 Å². The summed E-state index contributed by atoms with van der Waals surface area (Å²) in [5.74, 6) is 2.52. The topological polar surface area (TPSA) is 73.0 Å². The third-order valence-electron chi connectivity index (χ3n) is 4.03. The quantitative estimate of drug-likeness (QED) is 0.611. The molecule has 128 valence electrons. The third kappa shape index (κ3) is 2.85. The number of hydrogen-bond acceptors (Lipinski definition) is 5. The molecule has 0 spiro atoms. The van der Waals surface area contributed by atoms with E-state index in [9.17, 15) is 5.26 Å². The van der Waals surface area contributed by atoms with Crippen molar-refractivity contribution in [3.8, 4) is 29.0 Å². The van der Waals surface area contributed by atoms with Gasteiger partial charge in [0.2, 0.25) is 6.79 Å². The van der Waals surface area contributed by atoms with E-state index < -0.39 is 0 Å². The van der Waals surface area contributed by atoms with Gasteiger partial charge in [-0.1, -0.05) is 30.3 Å². The van der Waals surface area contributed by atoms with Gasteiger partial charge in [-0.3, -0.25) is 0 Å². The van der Waals surface area contributed by atoms with Crippen LogP contribution in [0.3, 0.4) is 0 Å². The van der Waals surface area contributed by atoms with E-state index in [2.05, 4.69) is 32.2 Å². The van der Waals surface area contributed by atoms with E-state index >= 15 is 0 Å². The maximum atomic E-state index is 9.64. The highest BCUT2D eigenvalue weighted by molar-refractivity contribution is 9.10. The second-order valence-corrected chi connectivity index (χ2v) is 6.53. The molecule has 1 aliphatic rings. The molecule has 2 aromatic carbocycles. The summed E-state index contributed by atoms with van der Waals surface area (Å²) in [5, 5.41) is 18.1. The lowest BCUT2D eigenvalue weighted by atomic mass is 10.1. The summed E-state index contributed by atoms with van der Waals surface area (Å²) in [6.07, 6.45) is 1.76. The van der Waals surface area contributed by atoms with E-state index in [-0.39, 0.29) is 6.79 Å². The number of nitriles is 1. The zero-order valence-corrected chi connectivity index (χ0v) is 15.4. The second kappa shape index (κ2) is 6.65. The van der Waals surface area contributed by atoms with Gasteiger partial charge in [-0.15, -0.1) is 10.2 Å². The van der Waals surface area contributed by atoms with Crippen LogP contribution in [0.15, 0.2) is 46.9 Å². The van der Waals surface area contributed by atoms with Gasteiger partial charge in [-0.25, -0.2) is 0 Å². The third-order valence-corrected chi connectivity index (χ3v) is 4.62. The Kier molecular flexibility index (Phi) is 4.19. The molecule has 0 N–H and O–H groups in total. The summed E-state index contributed by atoms with van der Waals surface area (Å²) < 4.78 is 13.4. The number of aromatic nitrogens is 3. The van der Waals surface area contributed by atoms with Gasteiger partial charge in [-0.05, 0) is 39.7 Å². The molecule has 7 heteroatoms. The summed E-state index contributed by atoms with van der Waals surface area (Å²) in [5.41, 5.74) is 2.16. The largest absolute Gasteiger partial charge is 0.454 e. The highest BCUT2D eigenvalue weighted by Gasteiger charge is 2.19. The van der Waals surface area contributed by atoms with Gasteiger partial charge in [0.1, 0.15) is 6.07 Å². The van der Waals surface area contributed by atoms with Crippen LogP contribution in [0.5, 0.6) is 11.5 Å². The van der Waals surface area contributed by atoms with Crippen LogP contribution < -0.4 is 9.47 Å². The van der Waals surface area contributed by atoms with E-state index in [0.717, 1.165) is 15.6 Å². The molecule has 0 bridgehead atoms. The van der Waals surface area contributed by atoms with E-state index in [1.807, 2.05) is 54.1 Å². The lowest BCUT2D eigenvalue weighted by Gasteiger charge is -2.04. The maximum absolute atomic E-state index is 9.64. The van der Waals surface area contributed by atoms with Crippen molar-refractivity contribution in [3.63, 3.8) is 0 Å². The minimum atomic E-state index is 0.190. The highest BCUT2D eigenvalue weighted by atomic mass is 79.9. The molecule has 4 rings (SSSR count). The zero-order valence-electron chi connectivity index (χ0n) is 13.8. The molecule has 0 atom stereocenters. The molecule has 0 amide bonds. The summed E-state index contributed by atoms with van der Waals surface area (Å²) in [7, 11) is 1.85. The van der Waals surface area contributed by atoms with E-state index in [1.54, 1.807) is 6.08 Å². The van der Waals surface area contributed by atoms with Crippen molar-refractivity contribution in [2.75, 3.05) is 6.79 Å². The average molecular weight is 409 g/mol. The number of rotatable bonds is 3. The first-order chi connectivity index (χ1) is 12.7. The summed E-state index contributed by atoms with van der Waals surface area (Å²) in [6.45, 7) is 0.190. The number of benzene rings is 2. The van der Waals surface area contributed by atoms with Crippen molar-refractivity contribution in [1.82, 2.24) is 14.8 Å². The normalized spacial score (nSPS) is 12.9. The van der Waals surface area contributed by atoms with E-state index in [1.165, 1.54) is 0 Å². The molecule has 3 aromatic rings. The molecule has 0 fully saturated rings. The van der Waals surface area contributed by atoms with E-state index in [0.29, 0.717) is 28.7 Å². The number of hydrogen-bond donors (Lipinski definition) is 0. The molecular weight excluding hydrogens is 396 g/mol. The molecule has 0 saturated heterocycles. The SMILES string of the molecule is Cn1c(/C(C#N)=C/c2cc(Br)c3c(c2)OCO3)nnc1-c1ccccc1. The van der Waals surface area contributed by atoms with Gasteiger partial charge < -0.3 is 14.0 Å². The zero-order chi connectivity index (χ0) is 18.1. The van der Waals surface area contributed by atoms with Crippen LogP contribution in [0.1, 0.15) is 11.4 Å². The highest BCUT2D eigenvalue weighted by Crippen LogP contribution is 2.40. The van der Waals surface area contributed by atoms with E-state index in [4.69, 9.17) is 9.47 Å². The van der Waals surface area contributed by atoms with Crippen molar-refractivity contribution < 1.29 is 9.47 Å². The van der Waals surface area contributed by atoms with Gasteiger partial charge in [0, 0.05) is 12.6 Å².